The third-order valence-electron chi connectivity index (χ3n) is 5.51. The van der Waals surface area contributed by atoms with E-state index in [0.717, 1.165) is 23.3 Å². The van der Waals surface area contributed by atoms with Gasteiger partial charge in [0.05, 0.1) is 29.9 Å². The largest absolute Gasteiger partial charge is 0.416 e. The van der Waals surface area contributed by atoms with E-state index < -0.39 is 29.9 Å². The number of hydrogen-bond acceptors (Lipinski definition) is 3. The molecule has 32 heavy (non-hydrogen) atoms. The minimum Gasteiger partial charge on any atom is -0.335 e. The zero-order chi connectivity index (χ0) is 23.6. The topological polar surface area (TPSA) is 65.0 Å². The summed E-state index contributed by atoms with van der Waals surface area (Å²) in [4.78, 5) is 26.4. The summed E-state index contributed by atoms with van der Waals surface area (Å²) in [6.07, 6.45) is -4.42. The van der Waals surface area contributed by atoms with E-state index in [4.69, 9.17) is 0 Å². The zero-order valence-electron chi connectivity index (χ0n) is 18.3. The number of hydrazone groups is 1. The van der Waals surface area contributed by atoms with Crippen LogP contribution in [0.3, 0.4) is 0 Å². The SMILES string of the molecule is CC(=O)N(C)[C@@H]1CN(C(=O)NC(C)c2ccc(C(F)(F)F)cc2)N=C1c1ccc(C)cc1. The normalized spacial score (nSPS) is 17.0. The van der Waals surface area contributed by atoms with Crippen molar-refractivity contribution in [2.45, 2.75) is 39.0 Å². The number of alkyl halides is 3. The number of urea groups is 1. The summed E-state index contributed by atoms with van der Waals surface area (Å²) in [5.74, 6) is -0.157. The van der Waals surface area contributed by atoms with Crippen LogP contribution < -0.4 is 5.32 Å². The molecule has 0 fully saturated rings. The summed E-state index contributed by atoms with van der Waals surface area (Å²) in [6.45, 7) is 5.26. The number of carbonyl (C=O) groups is 2. The fourth-order valence-corrected chi connectivity index (χ4v) is 3.42. The Kier molecular flexibility index (Phi) is 6.57. The number of nitrogens with one attached hydrogen (secondary N) is 1. The van der Waals surface area contributed by atoms with Crippen LogP contribution >= 0.6 is 0 Å². The van der Waals surface area contributed by atoms with E-state index in [2.05, 4.69) is 10.4 Å². The first-order valence-corrected chi connectivity index (χ1v) is 10.1. The van der Waals surface area contributed by atoms with Crippen molar-refractivity contribution in [1.82, 2.24) is 15.2 Å². The van der Waals surface area contributed by atoms with Crippen LogP contribution in [0.4, 0.5) is 18.0 Å². The average molecular weight is 446 g/mol. The third kappa shape index (κ3) is 5.09. The lowest BCUT2D eigenvalue weighted by atomic mass is 10.0. The molecule has 170 valence electrons. The Labute approximate surface area is 184 Å². The van der Waals surface area contributed by atoms with Gasteiger partial charge in [0, 0.05) is 14.0 Å². The van der Waals surface area contributed by atoms with Crippen molar-refractivity contribution in [3.63, 3.8) is 0 Å². The van der Waals surface area contributed by atoms with Crippen LogP contribution in [0.5, 0.6) is 0 Å². The summed E-state index contributed by atoms with van der Waals surface area (Å²) >= 11 is 0. The van der Waals surface area contributed by atoms with E-state index in [1.165, 1.54) is 29.0 Å². The van der Waals surface area contributed by atoms with Crippen molar-refractivity contribution in [1.29, 1.82) is 0 Å². The van der Waals surface area contributed by atoms with E-state index >= 15 is 0 Å². The highest BCUT2D eigenvalue weighted by molar-refractivity contribution is 6.07. The average Bonchev–Trinajstić information content (AvgIpc) is 3.18. The molecule has 2 atom stereocenters. The van der Waals surface area contributed by atoms with E-state index in [9.17, 15) is 22.8 Å². The molecule has 0 aliphatic carbocycles. The van der Waals surface area contributed by atoms with Gasteiger partial charge in [-0.2, -0.15) is 18.3 Å². The van der Waals surface area contributed by atoms with Crippen molar-refractivity contribution in [3.8, 4) is 0 Å². The van der Waals surface area contributed by atoms with Crippen LogP contribution in [0, 0.1) is 6.92 Å². The number of likely N-dealkylation sites (N-methyl/N-ethyl adjacent to an activating group) is 1. The molecule has 1 N–H and O–H groups in total. The molecule has 2 aromatic rings. The predicted octanol–water partition coefficient (Wildman–Crippen LogP) is 4.35. The first kappa shape index (κ1) is 23.3. The molecule has 1 aliphatic rings. The monoisotopic (exact) mass is 446 g/mol. The van der Waals surface area contributed by atoms with Crippen LogP contribution in [-0.2, 0) is 11.0 Å². The summed E-state index contributed by atoms with van der Waals surface area (Å²) in [6, 6.07) is 10.8. The fraction of sp³-hybridized carbons (Fsp3) is 0.348. The predicted molar refractivity (Wildman–Crippen MR) is 115 cm³/mol. The van der Waals surface area contributed by atoms with Gasteiger partial charge in [0.1, 0.15) is 0 Å². The molecule has 1 heterocycles. The van der Waals surface area contributed by atoms with Gasteiger partial charge in [0.25, 0.3) is 0 Å². The highest BCUT2D eigenvalue weighted by atomic mass is 19.4. The number of benzene rings is 2. The summed E-state index contributed by atoms with van der Waals surface area (Å²) < 4.78 is 38.3. The van der Waals surface area contributed by atoms with Crippen LogP contribution in [0.15, 0.2) is 53.6 Å². The van der Waals surface area contributed by atoms with Crippen LogP contribution in [0.25, 0.3) is 0 Å². The molecule has 0 radical (unpaired) electrons. The molecular formula is C23H25F3N4O2. The maximum atomic E-state index is 12.8. The van der Waals surface area contributed by atoms with Gasteiger partial charge in [-0.1, -0.05) is 42.0 Å². The Balaban J connectivity index is 1.78. The van der Waals surface area contributed by atoms with Gasteiger partial charge in [-0.25, -0.2) is 9.80 Å². The number of hydrogen-bond donors (Lipinski definition) is 1. The van der Waals surface area contributed by atoms with Crippen molar-refractivity contribution >= 4 is 17.6 Å². The molecule has 2 aromatic carbocycles. The quantitative estimate of drug-likeness (QED) is 0.759. The van der Waals surface area contributed by atoms with Gasteiger partial charge in [-0.15, -0.1) is 0 Å². The minimum atomic E-state index is -4.42. The second kappa shape index (κ2) is 9.02. The Hall–Kier alpha value is -3.36. The van der Waals surface area contributed by atoms with Gasteiger partial charge < -0.3 is 10.2 Å². The highest BCUT2D eigenvalue weighted by Crippen LogP contribution is 2.30. The molecule has 1 aliphatic heterocycles. The molecule has 0 spiro atoms. The summed E-state index contributed by atoms with van der Waals surface area (Å²) in [5, 5.41) is 8.47. The maximum absolute atomic E-state index is 12.8. The van der Waals surface area contributed by atoms with E-state index in [1.807, 2.05) is 31.2 Å². The first-order valence-electron chi connectivity index (χ1n) is 10.1. The summed E-state index contributed by atoms with van der Waals surface area (Å²) in [7, 11) is 1.66. The Morgan fingerprint density at radius 2 is 1.72 bits per heavy atom. The number of aryl methyl sites for hydroxylation is 1. The van der Waals surface area contributed by atoms with Crippen molar-refractivity contribution < 1.29 is 22.8 Å². The van der Waals surface area contributed by atoms with Gasteiger partial charge >= 0.3 is 12.2 Å². The van der Waals surface area contributed by atoms with Gasteiger partial charge in [0.2, 0.25) is 5.91 Å². The minimum absolute atomic E-state index is 0.157. The third-order valence-corrected chi connectivity index (χ3v) is 5.51. The molecule has 3 amide bonds. The fourth-order valence-electron chi connectivity index (χ4n) is 3.42. The lowest BCUT2D eigenvalue weighted by Crippen LogP contribution is -2.45. The van der Waals surface area contributed by atoms with Gasteiger partial charge in [-0.3, -0.25) is 4.79 Å². The highest BCUT2D eigenvalue weighted by Gasteiger charge is 2.35. The van der Waals surface area contributed by atoms with E-state index in [0.29, 0.717) is 11.3 Å². The van der Waals surface area contributed by atoms with E-state index in [1.54, 1.807) is 14.0 Å². The number of halogens is 3. The van der Waals surface area contributed by atoms with Crippen LogP contribution in [0.1, 0.15) is 42.1 Å². The van der Waals surface area contributed by atoms with E-state index in [-0.39, 0.29) is 12.5 Å². The van der Waals surface area contributed by atoms with Crippen molar-refractivity contribution in [2.75, 3.05) is 13.6 Å². The van der Waals surface area contributed by atoms with Crippen molar-refractivity contribution in [2.24, 2.45) is 5.10 Å². The van der Waals surface area contributed by atoms with Gasteiger partial charge in [0.15, 0.2) is 0 Å². The zero-order valence-corrected chi connectivity index (χ0v) is 18.3. The number of amides is 3. The molecule has 9 heteroatoms. The molecular weight excluding hydrogens is 421 g/mol. The van der Waals surface area contributed by atoms with Crippen LogP contribution in [-0.4, -0.2) is 47.2 Å². The number of carbonyl (C=O) groups excluding carboxylic acids is 2. The summed E-state index contributed by atoms with van der Waals surface area (Å²) in [5.41, 5.74) is 2.26. The van der Waals surface area contributed by atoms with Gasteiger partial charge in [-0.05, 0) is 37.1 Å². The molecule has 0 aromatic heterocycles. The Morgan fingerprint density at radius 1 is 1.12 bits per heavy atom. The van der Waals surface area contributed by atoms with Crippen LogP contribution in [0.2, 0.25) is 0 Å². The molecule has 0 saturated carbocycles. The number of nitrogens with zero attached hydrogens (tertiary/aromatic N) is 3. The number of rotatable bonds is 4. The lowest BCUT2D eigenvalue weighted by molar-refractivity contribution is -0.137. The molecule has 0 bridgehead atoms. The molecule has 3 rings (SSSR count). The second-order valence-electron chi connectivity index (χ2n) is 7.87. The smallest absolute Gasteiger partial charge is 0.335 e. The first-order chi connectivity index (χ1) is 15.0. The second-order valence-corrected chi connectivity index (χ2v) is 7.87. The lowest BCUT2D eigenvalue weighted by Gasteiger charge is -2.25. The maximum Gasteiger partial charge on any atom is 0.416 e. The Bertz CT molecular complexity index is 1020. The molecule has 0 saturated heterocycles. The molecule has 6 nitrogen and oxygen atoms in total. The standard InChI is InChI=1S/C23H25F3N4O2/c1-14-5-7-18(8-6-14)21-20(29(4)16(3)31)13-30(28-21)22(32)27-15(2)17-9-11-19(12-10-17)23(24,25)26/h5-12,15,20H,13H2,1-4H3,(H,27,32)/t15?,20-/m1/s1. The molecule has 1 unspecified atom stereocenters. The van der Waals surface area contributed by atoms with Crippen molar-refractivity contribution in [3.05, 3.63) is 70.8 Å². The Morgan fingerprint density at radius 3 is 2.25 bits per heavy atom.